The molecule has 0 heterocycles. The Morgan fingerprint density at radius 2 is 2.06 bits per heavy atom. The smallest absolute Gasteiger partial charge is 0.0673 e. The van der Waals surface area contributed by atoms with E-state index in [1.54, 1.807) is 0 Å². The van der Waals surface area contributed by atoms with E-state index in [9.17, 15) is 5.11 Å². The Balaban J connectivity index is 1.80. The van der Waals surface area contributed by atoms with Gasteiger partial charge in [0.2, 0.25) is 0 Å². The largest absolute Gasteiger partial charge is 0.390 e. The zero-order valence-corrected chi connectivity index (χ0v) is 10.2. The van der Waals surface area contributed by atoms with Crippen LogP contribution in [0.4, 0.5) is 0 Å². The quantitative estimate of drug-likeness (QED) is 0.819. The van der Waals surface area contributed by atoms with Crippen molar-refractivity contribution in [2.75, 3.05) is 0 Å². The van der Waals surface area contributed by atoms with E-state index in [0.29, 0.717) is 5.92 Å². The molecule has 1 N–H and O–H groups in total. The van der Waals surface area contributed by atoms with Gasteiger partial charge in [0.25, 0.3) is 0 Å². The standard InChI is InChI=1S/C15H22O/c1-13-7-5-11-15(13,16)12-6-10-14-8-3-2-4-9-14/h2-4,8-9,13,16H,5-7,10-12H2,1H3. The Hall–Kier alpha value is -0.820. The number of aliphatic hydroxyl groups is 1. The lowest BCUT2D eigenvalue weighted by molar-refractivity contribution is -0.000624. The number of aryl methyl sites for hydroxylation is 1. The zero-order valence-electron chi connectivity index (χ0n) is 10.2. The molecule has 1 aromatic carbocycles. The Morgan fingerprint density at radius 3 is 2.69 bits per heavy atom. The number of hydrogen-bond acceptors (Lipinski definition) is 1. The summed E-state index contributed by atoms with van der Waals surface area (Å²) in [7, 11) is 0. The fourth-order valence-corrected chi connectivity index (χ4v) is 2.84. The molecule has 16 heavy (non-hydrogen) atoms. The van der Waals surface area contributed by atoms with Gasteiger partial charge in [0.15, 0.2) is 0 Å². The number of hydrogen-bond donors (Lipinski definition) is 1. The summed E-state index contributed by atoms with van der Waals surface area (Å²) < 4.78 is 0. The van der Waals surface area contributed by atoms with Crippen LogP contribution in [0.5, 0.6) is 0 Å². The van der Waals surface area contributed by atoms with Crippen LogP contribution < -0.4 is 0 Å². The molecule has 2 rings (SSSR count). The van der Waals surface area contributed by atoms with Crippen molar-refractivity contribution in [1.82, 2.24) is 0 Å². The third-order valence-corrected chi connectivity index (χ3v) is 4.08. The molecule has 0 spiro atoms. The van der Waals surface area contributed by atoms with Crippen LogP contribution in [0.15, 0.2) is 30.3 Å². The van der Waals surface area contributed by atoms with Crippen LogP contribution in [0.2, 0.25) is 0 Å². The van der Waals surface area contributed by atoms with Crippen molar-refractivity contribution in [3.05, 3.63) is 35.9 Å². The summed E-state index contributed by atoms with van der Waals surface area (Å²) >= 11 is 0. The normalized spacial score (nSPS) is 29.5. The van der Waals surface area contributed by atoms with Gasteiger partial charge in [-0.15, -0.1) is 0 Å². The van der Waals surface area contributed by atoms with Gasteiger partial charge in [0.05, 0.1) is 5.60 Å². The molecule has 1 aliphatic rings. The molecule has 1 aliphatic carbocycles. The van der Waals surface area contributed by atoms with E-state index in [1.165, 1.54) is 18.4 Å². The average Bonchev–Trinajstić information content (AvgIpc) is 2.61. The van der Waals surface area contributed by atoms with Gasteiger partial charge >= 0.3 is 0 Å². The van der Waals surface area contributed by atoms with Crippen molar-refractivity contribution >= 4 is 0 Å². The van der Waals surface area contributed by atoms with Gasteiger partial charge in [-0.3, -0.25) is 0 Å². The summed E-state index contributed by atoms with van der Waals surface area (Å²) in [4.78, 5) is 0. The molecule has 2 unspecified atom stereocenters. The maximum absolute atomic E-state index is 10.4. The Bertz CT molecular complexity index is 319. The molecular weight excluding hydrogens is 196 g/mol. The minimum absolute atomic E-state index is 0.366. The van der Waals surface area contributed by atoms with E-state index < -0.39 is 0 Å². The van der Waals surface area contributed by atoms with Gasteiger partial charge in [-0.05, 0) is 43.6 Å². The van der Waals surface area contributed by atoms with Gasteiger partial charge in [-0.1, -0.05) is 43.7 Å². The highest BCUT2D eigenvalue weighted by Crippen LogP contribution is 2.38. The topological polar surface area (TPSA) is 20.2 Å². The zero-order chi connectivity index (χ0) is 11.4. The molecule has 1 fully saturated rings. The second-order valence-corrected chi connectivity index (χ2v) is 5.24. The fourth-order valence-electron chi connectivity index (χ4n) is 2.84. The number of benzene rings is 1. The first-order valence-corrected chi connectivity index (χ1v) is 6.47. The molecule has 0 saturated heterocycles. The van der Waals surface area contributed by atoms with Crippen molar-refractivity contribution in [2.45, 2.75) is 51.0 Å². The summed E-state index contributed by atoms with van der Waals surface area (Å²) in [5.41, 5.74) is 1.02. The molecule has 1 nitrogen and oxygen atoms in total. The lowest BCUT2D eigenvalue weighted by Crippen LogP contribution is -2.31. The van der Waals surface area contributed by atoms with E-state index in [2.05, 4.69) is 37.3 Å². The summed E-state index contributed by atoms with van der Waals surface area (Å²) in [6, 6.07) is 10.6. The molecule has 0 radical (unpaired) electrons. The second-order valence-electron chi connectivity index (χ2n) is 5.24. The first-order valence-electron chi connectivity index (χ1n) is 6.47. The van der Waals surface area contributed by atoms with Gasteiger partial charge in [0, 0.05) is 0 Å². The van der Waals surface area contributed by atoms with Crippen molar-refractivity contribution in [3.8, 4) is 0 Å². The van der Waals surface area contributed by atoms with Gasteiger partial charge in [-0.2, -0.15) is 0 Å². The highest BCUT2D eigenvalue weighted by molar-refractivity contribution is 5.14. The Morgan fingerprint density at radius 1 is 1.31 bits per heavy atom. The first kappa shape index (κ1) is 11.7. The minimum Gasteiger partial charge on any atom is -0.390 e. The molecule has 0 aliphatic heterocycles. The molecule has 0 bridgehead atoms. The van der Waals surface area contributed by atoms with E-state index in [4.69, 9.17) is 0 Å². The van der Waals surface area contributed by atoms with Crippen molar-refractivity contribution in [1.29, 1.82) is 0 Å². The van der Waals surface area contributed by atoms with Crippen LogP contribution in [0.25, 0.3) is 0 Å². The molecule has 1 aromatic rings. The first-order chi connectivity index (χ1) is 7.71. The van der Waals surface area contributed by atoms with Crippen LogP contribution in [0.1, 0.15) is 44.6 Å². The Labute approximate surface area is 98.5 Å². The van der Waals surface area contributed by atoms with E-state index >= 15 is 0 Å². The summed E-state index contributed by atoms with van der Waals surface area (Å²) in [5.74, 6) is 0.489. The van der Waals surface area contributed by atoms with Crippen LogP contribution in [0, 0.1) is 5.92 Å². The summed E-state index contributed by atoms with van der Waals surface area (Å²) in [6.07, 6.45) is 6.55. The van der Waals surface area contributed by atoms with Gasteiger partial charge < -0.3 is 5.11 Å². The molecular formula is C15H22O. The second kappa shape index (κ2) is 5.01. The summed E-state index contributed by atoms with van der Waals surface area (Å²) in [5, 5.41) is 10.4. The van der Waals surface area contributed by atoms with E-state index in [0.717, 1.165) is 25.7 Å². The van der Waals surface area contributed by atoms with Crippen LogP contribution >= 0.6 is 0 Å². The highest BCUT2D eigenvalue weighted by atomic mass is 16.3. The lowest BCUT2D eigenvalue weighted by Gasteiger charge is -2.27. The van der Waals surface area contributed by atoms with E-state index in [1.807, 2.05) is 0 Å². The van der Waals surface area contributed by atoms with Gasteiger partial charge in [-0.25, -0.2) is 0 Å². The SMILES string of the molecule is CC1CCCC1(O)CCCc1ccccc1. The van der Waals surface area contributed by atoms with E-state index in [-0.39, 0.29) is 5.60 Å². The van der Waals surface area contributed by atoms with Crippen LogP contribution in [-0.4, -0.2) is 10.7 Å². The fraction of sp³-hybridized carbons (Fsp3) is 0.600. The maximum atomic E-state index is 10.4. The van der Waals surface area contributed by atoms with Crippen molar-refractivity contribution in [2.24, 2.45) is 5.92 Å². The predicted molar refractivity (Wildman–Crippen MR) is 67.3 cm³/mol. The van der Waals surface area contributed by atoms with Crippen LogP contribution in [-0.2, 0) is 6.42 Å². The Kier molecular flexibility index (Phi) is 3.65. The molecule has 0 aromatic heterocycles. The third kappa shape index (κ3) is 2.65. The third-order valence-electron chi connectivity index (χ3n) is 4.08. The van der Waals surface area contributed by atoms with Crippen molar-refractivity contribution < 1.29 is 5.11 Å². The molecule has 2 atom stereocenters. The monoisotopic (exact) mass is 218 g/mol. The molecule has 0 amide bonds. The van der Waals surface area contributed by atoms with Gasteiger partial charge in [0.1, 0.15) is 0 Å². The molecule has 1 saturated carbocycles. The minimum atomic E-state index is -0.366. The molecule has 88 valence electrons. The molecule has 1 heteroatoms. The van der Waals surface area contributed by atoms with Crippen molar-refractivity contribution in [3.63, 3.8) is 0 Å². The number of rotatable bonds is 4. The highest BCUT2D eigenvalue weighted by Gasteiger charge is 2.37. The average molecular weight is 218 g/mol. The summed E-state index contributed by atoms with van der Waals surface area (Å²) in [6.45, 7) is 2.19. The maximum Gasteiger partial charge on any atom is 0.0673 e. The predicted octanol–water partition coefficient (Wildman–Crippen LogP) is 3.56. The van der Waals surface area contributed by atoms with Crippen LogP contribution in [0.3, 0.4) is 0 Å². The lowest BCUT2D eigenvalue weighted by atomic mass is 9.87.